The Morgan fingerprint density at radius 2 is 1.96 bits per heavy atom. The number of rotatable bonds is 8. The minimum absolute atomic E-state index is 0.867. The predicted molar refractivity (Wildman–Crippen MR) is 102 cm³/mol. The van der Waals surface area contributed by atoms with E-state index in [4.69, 9.17) is 4.74 Å². The lowest BCUT2D eigenvalue weighted by atomic mass is 9.94. The summed E-state index contributed by atoms with van der Waals surface area (Å²) in [4.78, 5) is 7.22. The van der Waals surface area contributed by atoms with Crippen molar-refractivity contribution in [1.29, 1.82) is 0 Å². The first-order valence-corrected chi connectivity index (χ1v) is 9.47. The summed E-state index contributed by atoms with van der Waals surface area (Å²) < 4.78 is 5.43. The van der Waals surface area contributed by atoms with Crippen LogP contribution in [-0.4, -0.2) is 25.2 Å². The topological polar surface area (TPSA) is 25.4 Å². The molecule has 1 aromatic heterocycles. The molecular formula is C21H30N2O. The third kappa shape index (κ3) is 3.50. The zero-order chi connectivity index (χ0) is 16.9. The van der Waals surface area contributed by atoms with Gasteiger partial charge in [0.05, 0.1) is 18.3 Å². The fraction of sp³-hybridized carbons (Fsp3) is 0.571. The molecule has 1 aliphatic rings. The molecular weight excluding hydrogens is 296 g/mol. The number of aromatic nitrogens is 1. The fourth-order valence-corrected chi connectivity index (χ4v) is 4.06. The molecule has 0 unspecified atom stereocenters. The second kappa shape index (κ2) is 7.87. The highest BCUT2D eigenvalue weighted by molar-refractivity contribution is 5.95. The number of fused-ring (bicyclic) bond motifs is 3. The largest absolute Gasteiger partial charge is 0.497 e. The number of hydrogen-bond acceptors (Lipinski definition) is 3. The lowest BCUT2D eigenvalue weighted by molar-refractivity contribution is 0.412. The summed E-state index contributed by atoms with van der Waals surface area (Å²) in [7, 11) is 1.73. The van der Waals surface area contributed by atoms with Crippen molar-refractivity contribution in [3.63, 3.8) is 0 Å². The number of hydrogen-bond donors (Lipinski definition) is 0. The van der Waals surface area contributed by atoms with E-state index in [1.165, 1.54) is 48.7 Å². The Morgan fingerprint density at radius 3 is 2.67 bits per heavy atom. The van der Waals surface area contributed by atoms with E-state index in [9.17, 15) is 0 Å². The maximum absolute atomic E-state index is 5.43. The van der Waals surface area contributed by atoms with Crippen LogP contribution in [0.1, 0.15) is 51.5 Å². The Labute approximate surface area is 146 Å². The number of anilines is 1. The highest BCUT2D eigenvalue weighted by Crippen LogP contribution is 2.36. The summed E-state index contributed by atoms with van der Waals surface area (Å²) in [5.41, 5.74) is 3.85. The maximum atomic E-state index is 5.43. The van der Waals surface area contributed by atoms with Crippen molar-refractivity contribution < 1.29 is 4.74 Å². The van der Waals surface area contributed by atoms with Gasteiger partial charge in [0, 0.05) is 24.7 Å². The van der Waals surface area contributed by atoms with Crippen LogP contribution < -0.4 is 9.64 Å². The normalized spacial score (nSPS) is 13.8. The summed E-state index contributed by atoms with van der Waals surface area (Å²) in [6, 6.07) is 6.22. The van der Waals surface area contributed by atoms with Crippen molar-refractivity contribution in [3.05, 3.63) is 30.0 Å². The van der Waals surface area contributed by atoms with E-state index < -0.39 is 0 Å². The van der Waals surface area contributed by atoms with E-state index in [1.807, 2.05) is 6.07 Å². The molecule has 0 spiro atoms. The molecule has 1 aliphatic heterocycles. The minimum Gasteiger partial charge on any atom is -0.497 e. The van der Waals surface area contributed by atoms with Crippen LogP contribution in [0.2, 0.25) is 0 Å². The molecule has 2 heterocycles. The van der Waals surface area contributed by atoms with Crippen molar-refractivity contribution in [2.24, 2.45) is 5.92 Å². The molecule has 0 N–H and O–H groups in total. The monoisotopic (exact) mass is 326 g/mol. The zero-order valence-electron chi connectivity index (χ0n) is 15.3. The summed E-state index contributed by atoms with van der Waals surface area (Å²) in [5.74, 6) is 1.78. The molecule has 0 saturated carbocycles. The molecule has 1 aromatic carbocycles. The van der Waals surface area contributed by atoms with Crippen LogP contribution in [0.3, 0.4) is 0 Å². The Hall–Kier alpha value is -1.77. The quantitative estimate of drug-likeness (QED) is 0.665. The van der Waals surface area contributed by atoms with Crippen LogP contribution in [0.4, 0.5) is 5.69 Å². The van der Waals surface area contributed by atoms with Crippen LogP contribution in [-0.2, 0) is 6.42 Å². The standard InChI is InChI=1S/C21H30N2O/c1-4-6-16(7-5-2)10-12-23-13-11-17-15-22-20-9-8-18(24-3)14-19(20)21(17)23/h8-9,14-16H,4-7,10-13H2,1-3H3. The number of ether oxygens (including phenoxy) is 1. The minimum atomic E-state index is 0.867. The third-order valence-electron chi connectivity index (χ3n) is 5.29. The molecule has 24 heavy (non-hydrogen) atoms. The number of benzene rings is 1. The molecule has 0 fully saturated rings. The molecule has 130 valence electrons. The van der Waals surface area contributed by atoms with Crippen molar-refractivity contribution in [3.8, 4) is 5.75 Å². The van der Waals surface area contributed by atoms with Gasteiger partial charge in [-0.25, -0.2) is 0 Å². The summed E-state index contributed by atoms with van der Waals surface area (Å²) >= 11 is 0. The molecule has 0 aliphatic carbocycles. The second-order valence-electron chi connectivity index (χ2n) is 6.98. The van der Waals surface area contributed by atoms with Gasteiger partial charge < -0.3 is 9.64 Å². The summed E-state index contributed by atoms with van der Waals surface area (Å²) in [6.07, 6.45) is 9.80. The van der Waals surface area contributed by atoms with E-state index in [0.717, 1.165) is 36.7 Å². The van der Waals surface area contributed by atoms with Crippen molar-refractivity contribution in [2.75, 3.05) is 25.1 Å². The first kappa shape index (κ1) is 17.1. The molecule has 0 saturated heterocycles. The van der Waals surface area contributed by atoms with Crippen molar-refractivity contribution in [1.82, 2.24) is 4.98 Å². The highest BCUT2D eigenvalue weighted by Gasteiger charge is 2.23. The van der Waals surface area contributed by atoms with Crippen LogP contribution in [0.15, 0.2) is 24.4 Å². The van der Waals surface area contributed by atoms with E-state index >= 15 is 0 Å². The van der Waals surface area contributed by atoms with Crippen LogP contribution in [0.25, 0.3) is 10.9 Å². The van der Waals surface area contributed by atoms with Crippen LogP contribution in [0.5, 0.6) is 5.75 Å². The second-order valence-corrected chi connectivity index (χ2v) is 6.98. The Kier molecular flexibility index (Phi) is 5.60. The molecule has 0 atom stereocenters. The Balaban J connectivity index is 1.83. The summed E-state index contributed by atoms with van der Waals surface area (Å²) in [5, 5.41) is 1.24. The SMILES string of the molecule is CCCC(CCC)CCN1CCc2cnc3ccc(OC)cc3c21. The van der Waals surface area contributed by atoms with Gasteiger partial charge in [-0.1, -0.05) is 39.5 Å². The predicted octanol–water partition coefficient (Wildman–Crippen LogP) is 5.21. The smallest absolute Gasteiger partial charge is 0.119 e. The Bertz CT molecular complexity index is 677. The average molecular weight is 326 g/mol. The first-order valence-electron chi connectivity index (χ1n) is 9.47. The maximum Gasteiger partial charge on any atom is 0.119 e. The third-order valence-corrected chi connectivity index (χ3v) is 5.29. The van der Waals surface area contributed by atoms with Gasteiger partial charge in [0.2, 0.25) is 0 Å². The lowest BCUT2D eigenvalue weighted by Crippen LogP contribution is -2.24. The fourth-order valence-electron chi connectivity index (χ4n) is 4.06. The number of nitrogens with zero attached hydrogens (tertiary/aromatic N) is 2. The van der Waals surface area contributed by atoms with Gasteiger partial charge in [-0.3, -0.25) is 4.98 Å². The Morgan fingerprint density at radius 1 is 1.17 bits per heavy atom. The van der Waals surface area contributed by atoms with Crippen molar-refractivity contribution >= 4 is 16.6 Å². The van der Waals surface area contributed by atoms with E-state index in [2.05, 4.69) is 42.1 Å². The van der Waals surface area contributed by atoms with Crippen LogP contribution >= 0.6 is 0 Å². The molecule has 0 amide bonds. The molecule has 3 rings (SSSR count). The molecule has 2 aromatic rings. The molecule has 3 heteroatoms. The van der Waals surface area contributed by atoms with E-state index in [1.54, 1.807) is 7.11 Å². The van der Waals surface area contributed by atoms with Gasteiger partial charge in [0.1, 0.15) is 5.75 Å². The molecule has 0 radical (unpaired) electrons. The van der Waals surface area contributed by atoms with E-state index in [0.29, 0.717) is 0 Å². The number of pyridine rings is 1. The first-order chi connectivity index (χ1) is 11.8. The molecule has 0 bridgehead atoms. The van der Waals surface area contributed by atoms with Gasteiger partial charge in [0.15, 0.2) is 0 Å². The summed E-state index contributed by atoms with van der Waals surface area (Å²) in [6.45, 7) is 6.89. The van der Waals surface area contributed by atoms with Gasteiger partial charge in [-0.05, 0) is 42.5 Å². The zero-order valence-corrected chi connectivity index (χ0v) is 15.3. The lowest BCUT2D eigenvalue weighted by Gasteiger charge is -2.24. The van der Waals surface area contributed by atoms with Crippen LogP contribution in [0, 0.1) is 5.92 Å². The van der Waals surface area contributed by atoms with Gasteiger partial charge in [0.25, 0.3) is 0 Å². The van der Waals surface area contributed by atoms with Crippen molar-refractivity contribution in [2.45, 2.75) is 52.4 Å². The number of methoxy groups -OCH3 is 1. The average Bonchev–Trinajstić information content (AvgIpc) is 3.03. The van der Waals surface area contributed by atoms with E-state index in [-0.39, 0.29) is 0 Å². The van der Waals surface area contributed by atoms with Gasteiger partial charge in [-0.15, -0.1) is 0 Å². The van der Waals surface area contributed by atoms with Gasteiger partial charge in [-0.2, -0.15) is 0 Å². The van der Waals surface area contributed by atoms with Gasteiger partial charge >= 0.3 is 0 Å². The molecule has 3 nitrogen and oxygen atoms in total. The highest BCUT2D eigenvalue weighted by atomic mass is 16.5.